The maximum atomic E-state index is 6.61. The SMILES string of the molecule is CC1(C)c2ccccc2-c2ccc(N(c3ccc(-c4ccc5ccccc5c4)cc3)c3ccc(-c4cc5ccccc5c5c4oc4ccccc45)cc3)cc21. The number of nitrogens with zero attached hydrogens (tertiary/aromatic N) is 1. The fourth-order valence-electron chi connectivity index (χ4n) is 9.03. The zero-order chi connectivity index (χ0) is 36.7. The highest BCUT2D eigenvalue weighted by Gasteiger charge is 2.35. The molecule has 0 radical (unpaired) electrons. The van der Waals surface area contributed by atoms with Gasteiger partial charge in [0.25, 0.3) is 0 Å². The quantitative estimate of drug-likeness (QED) is 0.177. The molecule has 0 saturated carbocycles. The Hall–Kier alpha value is -6.90. The predicted octanol–water partition coefficient (Wildman–Crippen LogP) is 15.0. The Balaban J connectivity index is 1.05. The lowest BCUT2D eigenvalue weighted by Crippen LogP contribution is -2.16. The van der Waals surface area contributed by atoms with Crippen LogP contribution in [0.15, 0.2) is 192 Å². The zero-order valence-corrected chi connectivity index (χ0v) is 30.8. The van der Waals surface area contributed by atoms with Gasteiger partial charge in [0.1, 0.15) is 11.2 Å². The molecule has 1 heterocycles. The van der Waals surface area contributed by atoms with E-state index < -0.39 is 0 Å². The van der Waals surface area contributed by atoms with Gasteiger partial charge in [0, 0.05) is 38.8 Å². The molecule has 11 rings (SSSR count). The molecule has 10 aromatic rings. The van der Waals surface area contributed by atoms with Crippen LogP contribution in [0.1, 0.15) is 25.0 Å². The Kier molecular flexibility index (Phi) is 6.93. The Labute approximate surface area is 320 Å². The van der Waals surface area contributed by atoms with E-state index in [9.17, 15) is 0 Å². The lowest BCUT2D eigenvalue weighted by atomic mass is 9.82. The molecule has 0 spiro atoms. The van der Waals surface area contributed by atoms with E-state index in [1.807, 2.05) is 6.07 Å². The monoisotopic (exact) mass is 703 g/mol. The molecule has 0 saturated heterocycles. The summed E-state index contributed by atoms with van der Waals surface area (Å²) in [4.78, 5) is 2.39. The zero-order valence-electron chi connectivity index (χ0n) is 30.8. The molecule has 0 aliphatic heterocycles. The smallest absolute Gasteiger partial charge is 0.143 e. The van der Waals surface area contributed by atoms with Gasteiger partial charge < -0.3 is 9.32 Å². The average molecular weight is 704 g/mol. The van der Waals surface area contributed by atoms with Crippen molar-refractivity contribution >= 4 is 60.5 Å². The third-order valence-electron chi connectivity index (χ3n) is 11.8. The second-order valence-electron chi connectivity index (χ2n) is 15.3. The molecule has 9 aromatic carbocycles. The molecule has 2 nitrogen and oxygen atoms in total. The van der Waals surface area contributed by atoms with Gasteiger partial charge in [0.15, 0.2) is 0 Å². The summed E-state index contributed by atoms with van der Waals surface area (Å²) in [5.74, 6) is 0. The van der Waals surface area contributed by atoms with E-state index in [-0.39, 0.29) is 5.41 Å². The Morgan fingerprint density at radius 2 is 1.00 bits per heavy atom. The van der Waals surface area contributed by atoms with Gasteiger partial charge >= 0.3 is 0 Å². The van der Waals surface area contributed by atoms with Crippen LogP contribution >= 0.6 is 0 Å². The van der Waals surface area contributed by atoms with Gasteiger partial charge in [-0.25, -0.2) is 0 Å². The molecule has 2 heteroatoms. The van der Waals surface area contributed by atoms with Gasteiger partial charge in [0.2, 0.25) is 0 Å². The van der Waals surface area contributed by atoms with E-state index >= 15 is 0 Å². The maximum absolute atomic E-state index is 6.61. The normalized spacial score (nSPS) is 13.1. The van der Waals surface area contributed by atoms with Gasteiger partial charge in [-0.05, 0) is 115 Å². The van der Waals surface area contributed by atoms with Gasteiger partial charge in [-0.1, -0.05) is 147 Å². The first kappa shape index (κ1) is 31.6. The van der Waals surface area contributed by atoms with Crippen LogP contribution < -0.4 is 4.90 Å². The fraction of sp³-hybridized carbons (Fsp3) is 0.0566. The molecule has 1 aliphatic carbocycles. The molecule has 0 N–H and O–H groups in total. The third kappa shape index (κ3) is 4.95. The van der Waals surface area contributed by atoms with E-state index in [4.69, 9.17) is 4.42 Å². The molecule has 0 bridgehead atoms. The van der Waals surface area contributed by atoms with Crippen LogP contribution in [0.5, 0.6) is 0 Å². The number of fused-ring (bicyclic) bond motifs is 9. The van der Waals surface area contributed by atoms with Crippen LogP contribution in [0.3, 0.4) is 0 Å². The minimum Gasteiger partial charge on any atom is -0.455 e. The van der Waals surface area contributed by atoms with Crippen molar-refractivity contribution in [1.29, 1.82) is 0 Å². The summed E-state index contributed by atoms with van der Waals surface area (Å²) in [6.07, 6.45) is 0. The van der Waals surface area contributed by atoms with Crippen molar-refractivity contribution in [1.82, 2.24) is 0 Å². The van der Waals surface area contributed by atoms with Crippen LogP contribution in [0.2, 0.25) is 0 Å². The van der Waals surface area contributed by atoms with Crippen LogP contribution in [-0.4, -0.2) is 0 Å². The average Bonchev–Trinajstić information content (AvgIpc) is 3.74. The first-order valence-corrected chi connectivity index (χ1v) is 19.1. The van der Waals surface area contributed by atoms with Crippen molar-refractivity contribution in [2.45, 2.75) is 19.3 Å². The molecule has 1 aliphatic rings. The van der Waals surface area contributed by atoms with Crippen LogP contribution in [0.25, 0.3) is 76.9 Å². The first-order valence-electron chi connectivity index (χ1n) is 19.1. The lowest BCUT2D eigenvalue weighted by molar-refractivity contribution is 0.660. The minimum atomic E-state index is -0.106. The predicted molar refractivity (Wildman–Crippen MR) is 232 cm³/mol. The molecule has 1 aromatic heterocycles. The fourth-order valence-corrected chi connectivity index (χ4v) is 9.03. The highest BCUT2D eigenvalue weighted by Crippen LogP contribution is 2.51. The third-order valence-corrected chi connectivity index (χ3v) is 11.8. The topological polar surface area (TPSA) is 16.4 Å². The molecule has 260 valence electrons. The number of hydrogen-bond donors (Lipinski definition) is 0. The van der Waals surface area contributed by atoms with Crippen LogP contribution in [-0.2, 0) is 5.41 Å². The van der Waals surface area contributed by atoms with E-state index in [0.29, 0.717) is 0 Å². The summed E-state index contributed by atoms with van der Waals surface area (Å²) in [7, 11) is 0. The second kappa shape index (κ2) is 12.1. The van der Waals surface area contributed by atoms with Gasteiger partial charge in [0.05, 0.1) is 0 Å². The molecular weight excluding hydrogens is 667 g/mol. The summed E-state index contributed by atoms with van der Waals surface area (Å²) >= 11 is 0. The highest BCUT2D eigenvalue weighted by atomic mass is 16.3. The number of para-hydroxylation sites is 1. The maximum Gasteiger partial charge on any atom is 0.143 e. The van der Waals surface area contributed by atoms with E-state index in [1.165, 1.54) is 60.3 Å². The molecule has 55 heavy (non-hydrogen) atoms. The first-order chi connectivity index (χ1) is 27.0. The van der Waals surface area contributed by atoms with Crippen LogP contribution in [0, 0.1) is 0 Å². The van der Waals surface area contributed by atoms with Crippen molar-refractivity contribution in [3.63, 3.8) is 0 Å². The summed E-state index contributed by atoms with van der Waals surface area (Å²) in [5.41, 5.74) is 15.1. The van der Waals surface area contributed by atoms with E-state index in [0.717, 1.165) is 44.7 Å². The summed E-state index contributed by atoms with van der Waals surface area (Å²) in [5, 5.41) is 7.23. The number of furan rings is 1. The molecule has 0 fully saturated rings. The van der Waals surface area contributed by atoms with Gasteiger partial charge in [-0.3, -0.25) is 0 Å². The van der Waals surface area contributed by atoms with E-state index in [1.54, 1.807) is 0 Å². The van der Waals surface area contributed by atoms with Gasteiger partial charge in [-0.15, -0.1) is 0 Å². The largest absolute Gasteiger partial charge is 0.455 e. The van der Waals surface area contributed by atoms with Crippen molar-refractivity contribution in [2.75, 3.05) is 4.90 Å². The number of rotatable bonds is 5. The minimum absolute atomic E-state index is 0.106. The van der Waals surface area contributed by atoms with Crippen LogP contribution in [0.4, 0.5) is 17.1 Å². The van der Waals surface area contributed by atoms with Crippen molar-refractivity contribution in [3.8, 4) is 33.4 Å². The lowest BCUT2D eigenvalue weighted by Gasteiger charge is -2.28. The summed E-state index contributed by atoms with van der Waals surface area (Å²) < 4.78 is 6.61. The van der Waals surface area contributed by atoms with E-state index in [2.05, 4.69) is 201 Å². The van der Waals surface area contributed by atoms with Crippen molar-refractivity contribution < 1.29 is 4.42 Å². The second-order valence-corrected chi connectivity index (χ2v) is 15.3. The summed E-state index contributed by atoms with van der Waals surface area (Å²) in [6.45, 7) is 4.70. The number of hydrogen-bond acceptors (Lipinski definition) is 2. The molecule has 0 unspecified atom stereocenters. The molecule has 0 amide bonds. The standard InChI is InChI=1S/C53H37NO/c1-53(2)48-17-9-7-15-44(48)45-30-29-42(33-49(45)53)54(40-25-21-35(22-26-40)38-20-19-34-11-3-4-12-37(34)31-38)41-27-23-36(24-28-41)47-32-39-13-5-6-14-43(39)51-46-16-8-10-18-50(46)55-52(47)51/h3-33H,1-2H3. The molecule has 0 atom stereocenters. The number of benzene rings is 9. The molecular formula is C53H37NO. The highest BCUT2D eigenvalue weighted by molar-refractivity contribution is 6.22. The number of anilines is 3. The van der Waals surface area contributed by atoms with Crippen molar-refractivity contribution in [2.24, 2.45) is 0 Å². The Morgan fingerprint density at radius 1 is 0.400 bits per heavy atom. The van der Waals surface area contributed by atoms with Crippen molar-refractivity contribution in [3.05, 3.63) is 199 Å². The van der Waals surface area contributed by atoms with Gasteiger partial charge in [-0.2, -0.15) is 0 Å². The summed E-state index contributed by atoms with van der Waals surface area (Å²) in [6, 6.07) is 68.4. The Bertz CT molecular complexity index is 3110. The Morgan fingerprint density at radius 3 is 1.80 bits per heavy atom.